The van der Waals surface area contributed by atoms with Gasteiger partial charge in [-0.3, -0.25) is 14.3 Å². The molecule has 0 saturated carbocycles. The number of carboxylic acids is 1. The average Bonchev–Trinajstić information content (AvgIpc) is 2.57. The molecule has 1 aromatic rings. The summed E-state index contributed by atoms with van der Waals surface area (Å²) in [6.07, 6.45) is 0.542. The van der Waals surface area contributed by atoms with Crippen LogP contribution in [0.4, 0.5) is 0 Å². The Morgan fingerprint density at radius 2 is 1.95 bits per heavy atom. The molecule has 0 aliphatic carbocycles. The lowest BCUT2D eigenvalue weighted by Gasteiger charge is -2.15. The van der Waals surface area contributed by atoms with Crippen molar-refractivity contribution in [3.05, 3.63) is 17.0 Å². The van der Waals surface area contributed by atoms with Crippen molar-refractivity contribution < 1.29 is 14.7 Å². The van der Waals surface area contributed by atoms with E-state index in [9.17, 15) is 9.59 Å². The van der Waals surface area contributed by atoms with Crippen molar-refractivity contribution >= 4 is 11.9 Å². The van der Waals surface area contributed by atoms with Crippen molar-refractivity contribution in [2.45, 2.75) is 34.1 Å². The van der Waals surface area contributed by atoms with Crippen molar-refractivity contribution in [3.8, 4) is 0 Å². The van der Waals surface area contributed by atoms with Gasteiger partial charge in [-0.25, -0.2) is 0 Å². The standard InChI is InChI=1S/C14H23N3O3/c1-8(2)6-11(14(19)20)7-15-13(18)12-9(3)16-17(5)10(12)4/h8,11H,6-7H2,1-5H3,(H,15,18)(H,19,20). The van der Waals surface area contributed by atoms with Crippen molar-refractivity contribution in [2.24, 2.45) is 18.9 Å². The van der Waals surface area contributed by atoms with Crippen LogP contribution in [-0.4, -0.2) is 33.3 Å². The number of nitrogens with one attached hydrogen (secondary N) is 1. The number of amides is 1. The highest BCUT2D eigenvalue weighted by atomic mass is 16.4. The fraction of sp³-hybridized carbons (Fsp3) is 0.643. The lowest BCUT2D eigenvalue weighted by atomic mass is 9.97. The molecule has 1 amide bonds. The summed E-state index contributed by atoms with van der Waals surface area (Å²) in [5.74, 6) is -1.42. The number of hydrogen-bond donors (Lipinski definition) is 2. The third-order valence-corrected chi connectivity index (χ3v) is 3.35. The Kier molecular flexibility index (Phi) is 5.30. The number of carbonyl (C=O) groups is 2. The zero-order chi connectivity index (χ0) is 15.4. The van der Waals surface area contributed by atoms with Crippen LogP contribution in [0, 0.1) is 25.7 Å². The number of aliphatic carboxylic acids is 1. The van der Waals surface area contributed by atoms with Crippen LogP contribution in [-0.2, 0) is 11.8 Å². The van der Waals surface area contributed by atoms with Crippen LogP contribution in [0.5, 0.6) is 0 Å². The van der Waals surface area contributed by atoms with Gasteiger partial charge in [0.1, 0.15) is 0 Å². The maximum Gasteiger partial charge on any atom is 0.308 e. The molecule has 0 fully saturated rings. The molecule has 0 bridgehead atoms. The van der Waals surface area contributed by atoms with Crippen LogP contribution in [0.15, 0.2) is 0 Å². The molecule has 0 aromatic carbocycles. The highest BCUT2D eigenvalue weighted by molar-refractivity contribution is 5.96. The quantitative estimate of drug-likeness (QED) is 0.828. The van der Waals surface area contributed by atoms with Gasteiger partial charge in [0, 0.05) is 19.3 Å². The predicted molar refractivity (Wildman–Crippen MR) is 75.6 cm³/mol. The molecule has 0 radical (unpaired) electrons. The van der Waals surface area contributed by atoms with E-state index in [2.05, 4.69) is 10.4 Å². The van der Waals surface area contributed by atoms with E-state index >= 15 is 0 Å². The van der Waals surface area contributed by atoms with Crippen molar-refractivity contribution in [1.82, 2.24) is 15.1 Å². The SMILES string of the molecule is Cc1nn(C)c(C)c1C(=O)NCC(CC(C)C)C(=O)O. The lowest BCUT2D eigenvalue weighted by molar-refractivity contribution is -0.142. The van der Waals surface area contributed by atoms with Crippen molar-refractivity contribution in [2.75, 3.05) is 6.54 Å². The first-order chi connectivity index (χ1) is 9.23. The second kappa shape index (κ2) is 6.54. The number of hydrogen-bond acceptors (Lipinski definition) is 3. The minimum absolute atomic E-state index is 0.139. The molecule has 0 aliphatic rings. The first-order valence-electron chi connectivity index (χ1n) is 6.75. The minimum atomic E-state index is -0.876. The highest BCUT2D eigenvalue weighted by Crippen LogP contribution is 2.14. The Balaban J connectivity index is 2.73. The molecular weight excluding hydrogens is 258 g/mol. The van der Waals surface area contributed by atoms with Crippen LogP contribution in [0.2, 0.25) is 0 Å². The van der Waals surface area contributed by atoms with Crippen LogP contribution < -0.4 is 5.32 Å². The molecule has 2 N–H and O–H groups in total. The Morgan fingerprint density at radius 3 is 2.35 bits per heavy atom. The average molecular weight is 281 g/mol. The molecular formula is C14H23N3O3. The second-order valence-electron chi connectivity index (χ2n) is 5.54. The molecule has 0 saturated heterocycles. The number of aryl methyl sites for hydroxylation is 2. The fourth-order valence-corrected chi connectivity index (χ4v) is 2.25. The predicted octanol–water partition coefficient (Wildman–Crippen LogP) is 1.51. The second-order valence-corrected chi connectivity index (χ2v) is 5.54. The largest absolute Gasteiger partial charge is 0.481 e. The van der Waals surface area contributed by atoms with E-state index in [0.717, 1.165) is 5.69 Å². The van der Waals surface area contributed by atoms with Gasteiger partial charge in [0.2, 0.25) is 0 Å². The zero-order valence-corrected chi connectivity index (χ0v) is 12.7. The molecule has 6 heteroatoms. The molecule has 0 aliphatic heterocycles. The van der Waals surface area contributed by atoms with Crippen molar-refractivity contribution in [1.29, 1.82) is 0 Å². The topological polar surface area (TPSA) is 84.2 Å². The molecule has 1 heterocycles. The van der Waals surface area contributed by atoms with E-state index in [0.29, 0.717) is 17.7 Å². The summed E-state index contributed by atoms with van der Waals surface area (Å²) >= 11 is 0. The maximum absolute atomic E-state index is 12.2. The van der Waals surface area contributed by atoms with E-state index < -0.39 is 11.9 Å². The number of aromatic nitrogens is 2. The van der Waals surface area contributed by atoms with E-state index in [-0.39, 0.29) is 18.4 Å². The van der Waals surface area contributed by atoms with Gasteiger partial charge in [-0.05, 0) is 26.2 Å². The molecule has 0 spiro atoms. The lowest BCUT2D eigenvalue weighted by Crippen LogP contribution is -2.34. The van der Waals surface area contributed by atoms with Gasteiger partial charge in [-0.1, -0.05) is 13.8 Å². The van der Waals surface area contributed by atoms with E-state index in [1.54, 1.807) is 18.7 Å². The molecule has 1 aromatic heterocycles. The summed E-state index contributed by atoms with van der Waals surface area (Å²) in [6.45, 7) is 7.66. The van der Waals surface area contributed by atoms with Crippen molar-refractivity contribution in [3.63, 3.8) is 0 Å². The third-order valence-electron chi connectivity index (χ3n) is 3.35. The van der Waals surface area contributed by atoms with Crippen LogP contribution in [0.3, 0.4) is 0 Å². The fourth-order valence-electron chi connectivity index (χ4n) is 2.25. The maximum atomic E-state index is 12.2. The highest BCUT2D eigenvalue weighted by Gasteiger charge is 2.22. The van der Waals surface area contributed by atoms with Gasteiger partial charge < -0.3 is 10.4 Å². The Hall–Kier alpha value is -1.85. The first-order valence-corrected chi connectivity index (χ1v) is 6.75. The summed E-state index contributed by atoms with van der Waals surface area (Å²) in [7, 11) is 1.78. The monoisotopic (exact) mass is 281 g/mol. The van der Waals surface area contributed by atoms with E-state index in [4.69, 9.17) is 5.11 Å². The Labute approximate surface area is 119 Å². The summed E-state index contributed by atoms with van der Waals surface area (Å²) in [5, 5.41) is 16.0. The van der Waals surface area contributed by atoms with Gasteiger partial charge in [0.25, 0.3) is 5.91 Å². The molecule has 1 rings (SSSR count). The molecule has 6 nitrogen and oxygen atoms in total. The first kappa shape index (κ1) is 16.2. The summed E-state index contributed by atoms with van der Waals surface area (Å²) in [6, 6.07) is 0. The third kappa shape index (κ3) is 3.82. The van der Waals surface area contributed by atoms with Crippen LogP contribution >= 0.6 is 0 Å². The van der Waals surface area contributed by atoms with Crippen LogP contribution in [0.25, 0.3) is 0 Å². The van der Waals surface area contributed by atoms with E-state index in [1.165, 1.54) is 0 Å². The molecule has 20 heavy (non-hydrogen) atoms. The molecule has 112 valence electrons. The Bertz CT molecular complexity index is 506. The van der Waals surface area contributed by atoms with Gasteiger partial charge in [0.15, 0.2) is 0 Å². The number of carboxylic acid groups (broad SMARTS) is 1. The molecule has 1 atom stereocenters. The van der Waals surface area contributed by atoms with Gasteiger partial charge in [0.05, 0.1) is 17.2 Å². The number of rotatable bonds is 6. The molecule has 1 unspecified atom stereocenters. The van der Waals surface area contributed by atoms with Gasteiger partial charge in [-0.15, -0.1) is 0 Å². The summed E-state index contributed by atoms with van der Waals surface area (Å²) in [5.41, 5.74) is 1.95. The smallest absolute Gasteiger partial charge is 0.308 e. The number of carbonyl (C=O) groups excluding carboxylic acids is 1. The summed E-state index contributed by atoms with van der Waals surface area (Å²) < 4.78 is 1.65. The zero-order valence-electron chi connectivity index (χ0n) is 12.7. The normalized spacial score (nSPS) is 12.5. The van der Waals surface area contributed by atoms with Crippen LogP contribution in [0.1, 0.15) is 42.0 Å². The number of nitrogens with zero attached hydrogens (tertiary/aromatic N) is 2. The Morgan fingerprint density at radius 1 is 1.35 bits per heavy atom. The summed E-state index contributed by atoms with van der Waals surface area (Å²) in [4.78, 5) is 23.3. The van der Waals surface area contributed by atoms with Gasteiger partial charge >= 0.3 is 5.97 Å². The van der Waals surface area contributed by atoms with Gasteiger partial charge in [-0.2, -0.15) is 5.10 Å². The van der Waals surface area contributed by atoms with E-state index in [1.807, 2.05) is 20.8 Å². The minimum Gasteiger partial charge on any atom is -0.481 e.